The first-order chi connectivity index (χ1) is 52.2. The summed E-state index contributed by atoms with van der Waals surface area (Å²) in [5.74, 6) is -8.56. The smallest absolute Gasteiger partial charge is 0.347 e. The molecule has 3 aromatic heterocycles. The van der Waals surface area contributed by atoms with Crippen LogP contribution < -0.4 is 50.1 Å². The van der Waals surface area contributed by atoms with Gasteiger partial charge in [-0.2, -0.15) is 0 Å². The van der Waals surface area contributed by atoms with E-state index in [1.165, 1.54) is 92.8 Å². The van der Waals surface area contributed by atoms with Crippen LogP contribution in [0.2, 0.25) is 5.15 Å². The van der Waals surface area contributed by atoms with Gasteiger partial charge in [-0.05, 0) is 155 Å². The number of carbonyl (C=O) groups is 7. The van der Waals surface area contributed by atoms with Gasteiger partial charge in [-0.15, -0.1) is 0 Å². The number of hydrogen-bond acceptors (Lipinski definition) is 21. The summed E-state index contributed by atoms with van der Waals surface area (Å²) in [6, 6.07) is 14.1. The Kier molecular flexibility index (Phi) is 49.1. The fourth-order valence-corrected chi connectivity index (χ4v) is 10.9. The van der Waals surface area contributed by atoms with Crippen LogP contribution in [0.15, 0.2) is 89.4 Å². The van der Waals surface area contributed by atoms with Crippen LogP contribution in [0.4, 0.5) is 46.7 Å². The number of anilines is 5. The van der Waals surface area contributed by atoms with E-state index in [1.54, 1.807) is 52.0 Å². The second-order valence-corrected chi connectivity index (χ2v) is 32.8. The second-order valence-electron chi connectivity index (χ2n) is 23.3. The summed E-state index contributed by atoms with van der Waals surface area (Å²) in [6.07, 6.45) is -7.15. The molecule has 3 aromatic carbocycles. The lowest BCUT2D eigenvalue weighted by molar-refractivity contribution is -0.162. The molecule has 0 bridgehead atoms. The van der Waals surface area contributed by atoms with Crippen molar-refractivity contribution in [3.63, 3.8) is 0 Å². The van der Waals surface area contributed by atoms with Crippen LogP contribution in [0.1, 0.15) is 73.6 Å². The highest BCUT2D eigenvalue weighted by molar-refractivity contribution is 14.1. The van der Waals surface area contributed by atoms with Crippen LogP contribution in [0.3, 0.4) is 0 Å². The van der Waals surface area contributed by atoms with Gasteiger partial charge in [0.1, 0.15) is 34.2 Å². The standard InChI is InChI=1S/C15H15FIN3O4.C15H16FN3O4.C9H11ClN2O4.C9H12N2O5.C6H5FIN.2CH4.B20.Cl3OP/c1-4-24-14(22)11-12(19(2)15(23)20(3)13(11)21)18-10-6-5-8(17)7-9(10)16;1-4-23-14(21)11-12(17-10-8-6-5-7-9(10)16)18(2)15(22)19(3)13(11)20;1-4-16-8(14)5-6(10)11(2)9(15)12(3)7(5)13;1-4-16-8(14)5-6(12)10(2)9(15)11(3)7(5)13;7-5-3-4(8)1-2-6(5)9;;;1-12(2)17(11)20(18(13(3)4)14(5)6)19(15(7)8)16(9)10;1-5(2,3)4/h5-7,18H,4H2,1-3H3;5-8,17H,4H2,1-3H3;4H2,1-3H3;5H,4H2,1-3H3;1-3H,9H2;2*1H4;;. The Morgan fingerprint density at radius 1 is 0.478 bits per heavy atom. The predicted molar refractivity (Wildman–Crippen MR) is 484 cm³/mol. The predicted octanol–water partition coefficient (Wildman–Crippen LogP) is 0.501. The first-order valence-electron chi connectivity index (χ1n) is 32.5. The number of urea groups is 1. The van der Waals surface area contributed by atoms with Crippen LogP contribution in [0, 0.1) is 30.5 Å². The topological polar surface area (TPSA) is 362 Å². The van der Waals surface area contributed by atoms with Crippen LogP contribution in [-0.4, -0.2) is 262 Å². The quantitative estimate of drug-likeness (QED) is 0.0137. The van der Waals surface area contributed by atoms with Crippen LogP contribution >= 0.6 is 95.7 Å². The maximum atomic E-state index is 14.1. The Balaban J connectivity index is 0. The van der Waals surface area contributed by atoms with Gasteiger partial charge in [0.15, 0.2) is 16.7 Å². The zero-order valence-electron chi connectivity index (χ0n) is 62.6. The summed E-state index contributed by atoms with van der Waals surface area (Å²) in [4.78, 5) is 155. The minimum Gasteiger partial charge on any atom is -0.465 e. The molecule has 0 aliphatic carbocycles. The molecule has 4 N–H and O–H groups in total. The highest BCUT2D eigenvalue weighted by Gasteiger charge is 2.48. The SMILES string of the molecule is C.C.CCOC(=O)C1C(=O)N(C)C(=O)N(C)C1=O.CCOC(=O)c1c(Cl)n(C)c(=O)n(C)c1=O.CCOC(=O)c1c(Nc2ccc(I)cc2F)n(C)c(=O)n(C)c1=O.CCOC(=O)c1c(Nc2ccccc2F)n(C)c(=O)n(C)c1=O.Nc1ccc(I)cc1F.O=P(Cl)(Cl)Cl.[B]B([B])B([B])B(B(B([B])[B])B([B])[B])B(B([B])[B])B([B])[B]. The van der Waals surface area contributed by atoms with Crippen molar-refractivity contribution in [3.05, 3.63) is 170 Å². The van der Waals surface area contributed by atoms with Gasteiger partial charge in [0.05, 0.1) is 43.5 Å². The van der Waals surface area contributed by atoms with Gasteiger partial charge in [-0.25, -0.2) is 46.7 Å². The van der Waals surface area contributed by atoms with Crippen molar-refractivity contribution in [1.29, 1.82) is 0 Å². The maximum absolute atomic E-state index is 14.1. The van der Waals surface area contributed by atoms with Gasteiger partial charge >= 0.3 is 52.2 Å². The van der Waals surface area contributed by atoms with Crippen LogP contribution in [-0.2, 0) is 80.2 Å². The van der Waals surface area contributed by atoms with E-state index >= 15 is 0 Å². The molecule has 7 rings (SSSR count). The Morgan fingerprint density at radius 3 is 1.12 bits per heavy atom. The third-order valence-corrected chi connectivity index (χ3v) is 17.2. The molecule has 0 unspecified atom stereocenters. The normalized spacial score (nSPS) is 11.1. The van der Waals surface area contributed by atoms with E-state index in [-0.39, 0.29) is 97.6 Å². The zero-order chi connectivity index (χ0) is 87.6. The molecule has 0 spiro atoms. The number of nitrogens with zero attached hydrogens (tertiary/aromatic N) is 8. The van der Waals surface area contributed by atoms with E-state index in [0.29, 0.717) is 3.57 Å². The van der Waals surface area contributed by atoms with Crippen molar-refractivity contribution in [2.24, 2.45) is 48.2 Å². The molecule has 1 fully saturated rings. The van der Waals surface area contributed by atoms with Crippen LogP contribution in [0.25, 0.3) is 0 Å². The fourth-order valence-electron chi connectivity index (χ4n) is 9.76. The summed E-state index contributed by atoms with van der Waals surface area (Å²) in [5.41, 5.74) is 0.142. The van der Waals surface area contributed by atoms with E-state index < -0.39 is 156 Å². The van der Waals surface area contributed by atoms with Crippen molar-refractivity contribution in [2.75, 3.05) is 56.9 Å². The number of esters is 4. The molecule has 59 heteroatoms. The Hall–Kier alpha value is -6.47. The number of para-hydroxylation sites is 1. The van der Waals surface area contributed by atoms with E-state index in [9.17, 15) is 80.1 Å². The molecule has 22 radical (unpaired) electrons. The average Bonchev–Trinajstić information content (AvgIpc) is 0.786. The number of ether oxygens (including phenoxy) is 4. The number of aromatic nitrogens is 6. The summed E-state index contributed by atoms with van der Waals surface area (Å²) in [7, 11) is 73.4. The maximum Gasteiger partial charge on any atom is 0.347 e. The number of nitrogens with two attached hydrogens (primary N) is 1. The number of carbonyl (C=O) groups excluding carboxylic acids is 7. The first-order valence-corrected chi connectivity index (χ1v) is 39.4. The van der Waals surface area contributed by atoms with Gasteiger partial charge in [0.2, 0.25) is 5.92 Å². The molecular formula is C56H67B20Cl4F3I2N11O18P. The second kappa shape index (κ2) is 51.1. The number of rotatable bonds is 20. The van der Waals surface area contributed by atoms with Crippen molar-refractivity contribution in [1.82, 2.24) is 37.2 Å². The number of barbiturate groups is 1. The van der Waals surface area contributed by atoms with E-state index in [2.05, 4.69) is 53.8 Å². The molecule has 582 valence electrons. The van der Waals surface area contributed by atoms with Crippen molar-refractivity contribution >= 4 is 309 Å². The fraction of sp³-hybridized carbons (Fsp3) is 0.339. The Labute approximate surface area is 727 Å². The van der Waals surface area contributed by atoms with Gasteiger partial charge < -0.3 is 35.3 Å². The number of amides is 4. The molecule has 29 nitrogen and oxygen atoms in total. The lowest BCUT2D eigenvalue weighted by atomic mass is 8.39. The molecule has 0 saturated carbocycles. The van der Waals surface area contributed by atoms with Gasteiger partial charge in [-0.1, -0.05) is 38.6 Å². The minimum absolute atomic E-state index is 0. The summed E-state index contributed by atoms with van der Waals surface area (Å²) >= 11 is 23.6. The van der Waals surface area contributed by atoms with Gasteiger partial charge in [-0.3, -0.25) is 70.5 Å². The molecule has 0 atom stereocenters. The van der Waals surface area contributed by atoms with Crippen molar-refractivity contribution in [2.45, 2.75) is 42.5 Å². The molecular weight excluding hydrogens is 1810 g/mol. The minimum atomic E-state index is -3.22. The van der Waals surface area contributed by atoms with E-state index in [4.69, 9.17) is 112 Å². The summed E-state index contributed by atoms with van der Waals surface area (Å²) in [6.45, 7) is 6.67. The lowest BCUT2D eigenvalue weighted by Gasteiger charge is -2.42. The first kappa shape index (κ1) is 111. The number of hydrogen-bond donors (Lipinski definition) is 3. The monoisotopic (exact) mass is 1880 g/mol. The summed E-state index contributed by atoms with van der Waals surface area (Å²) in [5, 5.41) is 1.85. The Bertz CT molecular complexity index is 4790. The molecule has 1 saturated heterocycles. The third-order valence-electron chi connectivity index (χ3n) is 15.4. The Morgan fingerprint density at radius 2 is 0.800 bits per heavy atom. The molecule has 4 amide bonds. The average molecular weight is 1880 g/mol. The van der Waals surface area contributed by atoms with Crippen molar-refractivity contribution < 1.29 is 70.2 Å². The third kappa shape index (κ3) is 31.6. The molecule has 6 aromatic rings. The highest BCUT2D eigenvalue weighted by Crippen LogP contribution is 2.61. The summed E-state index contributed by atoms with van der Waals surface area (Å²) < 4.78 is 76.0. The lowest BCUT2D eigenvalue weighted by Crippen LogP contribution is -2.80. The molecule has 1 aliphatic heterocycles. The van der Waals surface area contributed by atoms with Crippen molar-refractivity contribution in [3.8, 4) is 0 Å². The number of halogens is 9. The molecule has 115 heavy (non-hydrogen) atoms. The van der Waals surface area contributed by atoms with Gasteiger partial charge in [0, 0.05) is 206 Å². The number of imide groups is 2. The zero-order valence-corrected chi connectivity index (χ0v) is 70.8. The van der Waals surface area contributed by atoms with Gasteiger partial charge in [0.25, 0.3) is 28.5 Å². The molecule has 1 aliphatic rings. The van der Waals surface area contributed by atoms with Crippen LogP contribution in [0.5, 0.6) is 0 Å². The molecule has 4 heterocycles. The highest BCUT2D eigenvalue weighted by atomic mass is 127. The number of nitrogens with one attached hydrogen (secondary N) is 2. The van der Waals surface area contributed by atoms with E-state index in [0.717, 1.165) is 40.8 Å². The largest absolute Gasteiger partial charge is 0.465 e. The number of benzene rings is 3. The number of nitrogen functional groups attached to an aromatic ring is 1. The van der Waals surface area contributed by atoms with E-state index in [1.807, 2.05) is 45.2 Å².